The fraction of sp³-hybridized carbons (Fsp3) is 0.929. The van der Waals surface area contributed by atoms with Crippen LogP contribution in [-0.2, 0) is 4.74 Å². The van der Waals surface area contributed by atoms with E-state index in [0.29, 0.717) is 12.1 Å². The van der Waals surface area contributed by atoms with Crippen LogP contribution in [0.15, 0.2) is 0 Å². The van der Waals surface area contributed by atoms with Gasteiger partial charge in [-0.05, 0) is 46.6 Å². The van der Waals surface area contributed by atoms with Crippen LogP contribution in [0.25, 0.3) is 0 Å². The van der Waals surface area contributed by atoms with Crippen molar-refractivity contribution in [1.82, 2.24) is 10.2 Å². The van der Waals surface area contributed by atoms with E-state index in [1.165, 1.54) is 6.42 Å². The molecule has 2 unspecified atom stereocenters. The third-order valence-electron chi connectivity index (χ3n) is 3.78. The van der Waals surface area contributed by atoms with E-state index in [1.807, 2.05) is 0 Å². The summed E-state index contributed by atoms with van der Waals surface area (Å²) < 4.78 is 5.12. The second kappa shape index (κ2) is 7.08. The summed E-state index contributed by atoms with van der Waals surface area (Å²) in [5.74, 6) is 0. The minimum Gasteiger partial charge on any atom is -0.383 e. The summed E-state index contributed by atoms with van der Waals surface area (Å²) in [5, 5.41) is 13.0. The Morgan fingerprint density at radius 2 is 2.28 bits per heavy atom. The van der Waals surface area contributed by atoms with Crippen LogP contribution in [0.3, 0.4) is 0 Å². The largest absolute Gasteiger partial charge is 0.383 e. The molecule has 1 rings (SSSR count). The van der Waals surface area contributed by atoms with Crippen LogP contribution in [0, 0.1) is 11.3 Å². The van der Waals surface area contributed by atoms with Crippen molar-refractivity contribution in [3.63, 3.8) is 0 Å². The van der Waals surface area contributed by atoms with Gasteiger partial charge in [0.25, 0.3) is 0 Å². The molecule has 0 amide bonds. The summed E-state index contributed by atoms with van der Waals surface area (Å²) in [4.78, 5) is 2.33. The predicted molar refractivity (Wildman–Crippen MR) is 73.4 cm³/mol. The summed E-state index contributed by atoms with van der Waals surface area (Å²) in [7, 11) is 3.86. The van der Waals surface area contributed by atoms with Gasteiger partial charge in [-0.3, -0.25) is 5.32 Å². The van der Waals surface area contributed by atoms with E-state index in [9.17, 15) is 5.26 Å². The molecule has 1 aliphatic rings. The lowest BCUT2D eigenvalue weighted by Gasteiger charge is -2.41. The fourth-order valence-electron chi connectivity index (χ4n) is 2.86. The molecule has 18 heavy (non-hydrogen) atoms. The third-order valence-corrected chi connectivity index (χ3v) is 3.78. The first kappa shape index (κ1) is 15.4. The van der Waals surface area contributed by atoms with Gasteiger partial charge in [-0.15, -0.1) is 0 Å². The molecule has 1 aliphatic carbocycles. The average molecular weight is 253 g/mol. The summed E-state index contributed by atoms with van der Waals surface area (Å²) in [5.41, 5.74) is -0.335. The van der Waals surface area contributed by atoms with E-state index in [-0.39, 0.29) is 5.54 Å². The first-order valence-corrected chi connectivity index (χ1v) is 6.91. The number of nitrogens with zero attached hydrogens (tertiary/aromatic N) is 2. The number of rotatable bonds is 6. The van der Waals surface area contributed by atoms with Crippen molar-refractivity contribution in [3.8, 4) is 6.07 Å². The van der Waals surface area contributed by atoms with Crippen molar-refractivity contribution in [2.24, 2.45) is 0 Å². The highest BCUT2D eigenvalue weighted by molar-refractivity contribution is 5.11. The molecule has 1 saturated carbocycles. The van der Waals surface area contributed by atoms with Crippen LogP contribution in [0.1, 0.15) is 39.5 Å². The van der Waals surface area contributed by atoms with Crippen molar-refractivity contribution in [2.75, 3.05) is 27.3 Å². The molecule has 0 heterocycles. The van der Waals surface area contributed by atoms with Gasteiger partial charge in [0, 0.05) is 25.7 Å². The lowest BCUT2D eigenvalue weighted by molar-refractivity contribution is 0.102. The van der Waals surface area contributed by atoms with Gasteiger partial charge in [0.05, 0.1) is 12.7 Å². The lowest BCUT2D eigenvalue weighted by Crippen LogP contribution is -2.54. The first-order valence-electron chi connectivity index (χ1n) is 6.91. The molecule has 1 N–H and O–H groups in total. The Kier molecular flexibility index (Phi) is 6.07. The third kappa shape index (κ3) is 4.24. The highest BCUT2D eigenvalue weighted by Crippen LogP contribution is 2.30. The highest BCUT2D eigenvalue weighted by Gasteiger charge is 2.38. The molecule has 1 fully saturated rings. The molecule has 0 radical (unpaired) electrons. The predicted octanol–water partition coefficient (Wildman–Crippen LogP) is 1.77. The molecule has 0 aromatic heterocycles. The number of ether oxygens (including phenoxy) is 1. The Labute approximate surface area is 111 Å². The lowest BCUT2D eigenvalue weighted by atomic mass is 9.79. The van der Waals surface area contributed by atoms with E-state index in [2.05, 4.69) is 37.2 Å². The van der Waals surface area contributed by atoms with Gasteiger partial charge >= 0.3 is 0 Å². The fourth-order valence-corrected chi connectivity index (χ4v) is 2.86. The molecule has 2 atom stereocenters. The molecule has 0 saturated heterocycles. The monoisotopic (exact) mass is 253 g/mol. The smallest absolute Gasteiger partial charge is 0.108 e. The van der Waals surface area contributed by atoms with E-state index in [4.69, 9.17) is 4.74 Å². The van der Waals surface area contributed by atoms with Crippen LogP contribution in [0.5, 0.6) is 0 Å². The summed E-state index contributed by atoms with van der Waals surface area (Å²) in [6, 6.07) is 3.36. The van der Waals surface area contributed by atoms with Gasteiger partial charge in [0.2, 0.25) is 0 Å². The number of hydrogen-bond donors (Lipinski definition) is 1. The minimum atomic E-state index is -0.335. The van der Waals surface area contributed by atoms with Gasteiger partial charge in [-0.2, -0.15) is 5.26 Å². The highest BCUT2D eigenvalue weighted by atomic mass is 16.5. The van der Waals surface area contributed by atoms with Gasteiger partial charge in [-0.25, -0.2) is 0 Å². The summed E-state index contributed by atoms with van der Waals surface area (Å²) in [6.07, 6.45) is 4.19. The van der Waals surface area contributed by atoms with E-state index < -0.39 is 0 Å². The van der Waals surface area contributed by atoms with Gasteiger partial charge in [0.15, 0.2) is 0 Å². The van der Waals surface area contributed by atoms with Crippen molar-refractivity contribution in [3.05, 3.63) is 0 Å². The van der Waals surface area contributed by atoms with Crippen LogP contribution < -0.4 is 5.32 Å². The normalized spacial score (nSPS) is 28.6. The molecule has 4 heteroatoms. The molecule has 4 nitrogen and oxygen atoms in total. The van der Waals surface area contributed by atoms with Crippen LogP contribution in [-0.4, -0.2) is 49.8 Å². The molecule has 0 bridgehead atoms. The maximum Gasteiger partial charge on any atom is 0.108 e. The molecule has 0 aromatic carbocycles. The molecule has 0 aliphatic heterocycles. The Morgan fingerprint density at radius 1 is 1.56 bits per heavy atom. The first-order chi connectivity index (χ1) is 8.53. The quantitative estimate of drug-likeness (QED) is 0.783. The van der Waals surface area contributed by atoms with Crippen molar-refractivity contribution >= 4 is 0 Å². The summed E-state index contributed by atoms with van der Waals surface area (Å²) in [6.45, 7) is 5.91. The molecular weight excluding hydrogens is 226 g/mol. The van der Waals surface area contributed by atoms with Crippen LogP contribution >= 0.6 is 0 Å². The number of methoxy groups -OCH3 is 1. The van der Waals surface area contributed by atoms with Gasteiger partial charge in [0.1, 0.15) is 5.54 Å². The number of hydrogen-bond acceptors (Lipinski definition) is 4. The molecule has 0 spiro atoms. The Bertz CT molecular complexity index is 287. The van der Waals surface area contributed by atoms with E-state index >= 15 is 0 Å². The van der Waals surface area contributed by atoms with Crippen LogP contribution in [0.2, 0.25) is 0 Å². The number of nitrogens with one attached hydrogen (secondary N) is 1. The summed E-state index contributed by atoms with van der Waals surface area (Å²) >= 11 is 0. The average Bonchev–Trinajstić information content (AvgIpc) is 2.35. The molecular formula is C14H27N3O. The number of nitriles is 1. The molecule has 104 valence electrons. The van der Waals surface area contributed by atoms with Crippen molar-refractivity contribution < 1.29 is 4.74 Å². The molecule has 0 aromatic rings. The van der Waals surface area contributed by atoms with Gasteiger partial charge in [-0.1, -0.05) is 0 Å². The second-order valence-corrected chi connectivity index (χ2v) is 5.72. The topological polar surface area (TPSA) is 48.3 Å². The Hall–Kier alpha value is -0.630. The number of likely N-dealkylation sites (N-methyl/N-ethyl adjacent to an activating group) is 1. The zero-order chi connectivity index (χ0) is 13.6. The van der Waals surface area contributed by atoms with E-state index in [0.717, 1.165) is 32.4 Å². The zero-order valence-corrected chi connectivity index (χ0v) is 12.2. The van der Waals surface area contributed by atoms with Gasteiger partial charge < -0.3 is 9.64 Å². The second-order valence-electron chi connectivity index (χ2n) is 5.72. The SMILES string of the molecule is COCCN(C)C1CCCC(C#N)(NC(C)C)C1. The van der Waals surface area contributed by atoms with Crippen molar-refractivity contribution in [2.45, 2.75) is 57.2 Å². The Balaban J connectivity index is 2.61. The van der Waals surface area contributed by atoms with E-state index in [1.54, 1.807) is 7.11 Å². The minimum absolute atomic E-state index is 0.335. The maximum absolute atomic E-state index is 9.51. The Morgan fingerprint density at radius 3 is 2.83 bits per heavy atom. The zero-order valence-electron chi connectivity index (χ0n) is 12.2. The standard InChI is InChI=1S/C14H27N3O/c1-12(2)16-14(11-15)7-5-6-13(10-14)17(3)8-9-18-4/h12-13,16H,5-10H2,1-4H3. The van der Waals surface area contributed by atoms with Crippen LogP contribution in [0.4, 0.5) is 0 Å². The maximum atomic E-state index is 9.51. The van der Waals surface area contributed by atoms with Crippen molar-refractivity contribution in [1.29, 1.82) is 5.26 Å².